The minimum Gasteiger partial charge on any atom is -0.394 e. The molecule has 3 atom stereocenters. The summed E-state index contributed by atoms with van der Waals surface area (Å²) in [6, 6.07) is 26.5. The summed E-state index contributed by atoms with van der Waals surface area (Å²) >= 11 is 0. The van der Waals surface area contributed by atoms with Crippen LogP contribution in [0.5, 0.6) is 0 Å². The van der Waals surface area contributed by atoms with E-state index in [0.29, 0.717) is 34.0 Å². The van der Waals surface area contributed by atoms with Gasteiger partial charge in [-0.05, 0) is 83.4 Å². The Morgan fingerprint density at radius 3 is 2.08 bits per heavy atom. The van der Waals surface area contributed by atoms with Gasteiger partial charge >= 0.3 is 0 Å². The average Bonchev–Trinajstić information content (AvgIpc) is 3.82. The minimum atomic E-state index is -3.80. The Balaban J connectivity index is 0.000000187. The highest BCUT2D eigenvalue weighted by molar-refractivity contribution is 7.86. The Morgan fingerprint density at radius 1 is 0.906 bits per heavy atom. The molecule has 0 amide bonds. The normalized spacial score (nSPS) is 16.2. The Hall–Kier alpha value is -5.67. The SMILES string of the molecule is CC1C[C@H](c2cn(-c3cccc(C[18F])c3)nn2)O[C@@H]1CO.Cc1ccc(S(=O)(=O)OCc2cccc(N=[N+]=[N-])c2)cc1.[N-]=[N+]=Nc1cccc(C[18F])c1. The zero-order chi connectivity index (χ0) is 38.2. The summed E-state index contributed by atoms with van der Waals surface area (Å²) in [6.07, 6.45) is 2.33. The fraction of sp³-hybridized carbons (Fsp3) is 0.278. The fourth-order valence-electron chi connectivity index (χ4n) is 5.07. The molecule has 0 radical (unpaired) electrons. The van der Waals surface area contributed by atoms with Crippen LogP contribution in [-0.4, -0.2) is 41.2 Å². The van der Waals surface area contributed by atoms with Gasteiger partial charge in [0.1, 0.15) is 25.1 Å². The van der Waals surface area contributed by atoms with Crippen LogP contribution in [0.25, 0.3) is 26.6 Å². The second kappa shape index (κ2) is 19.8. The van der Waals surface area contributed by atoms with Crippen LogP contribution in [0.3, 0.4) is 0 Å². The maximum Gasteiger partial charge on any atom is 0.297 e. The number of azide groups is 2. The predicted octanol–water partition coefficient (Wildman–Crippen LogP) is 9.14. The molecule has 14 nitrogen and oxygen atoms in total. The van der Waals surface area contributed by atoms with Gasteiger partial charge < -0.3 is 9.84 Å². The van der Waals surface area contributed by atoms with E-state index in [2.05, 4.69) is 37.3 Å². The molecule has 1 aliphatic rings. The molecule has 4 aromatic carbocycles. The lowest BCUT2D eigenvalue weighted by molar-refractivity contribution is -0.000690. The topological polar surface area (TPSA) is 201 Å². The van der Waals surface area contributed by atoms with E-state index in [1.807, 2.05) is 13.0 Å². The van der Waals surface area contributed by atoms with Crippen molar-refractivity contribution in [2.24, 2.45) is 16.1 Å². The number of rotatable bonds is 11. The first-order valence-electron chi connectivity index (χ1n) is 16.2. The van der Waals surface area contributed by atoms with Crippen molar-refractivity contribution in [3.63, 3.8) is 0 Å². The lowest BCUT2D eigenvalue weighted by Crippen LogP contribution is -2.17. The minimum absolute atomic E-state index is 0.0182. The van der Waals surface area contributed by atoms with Gasteiger partial charge in [-0.25, -0.2) is 13.5 Å². The van der Waals surface area contributed by atoms with Gasteiger partial charge in [0.2, 0.25) is 0 Å². The van der Waals surface area contributed by atoms with E-state index >= 15 is 0 Å². The fourth-order valence-corrected chi connectivity index (χ4v) is 5.96. The molecule has 53 heavy (non-hydrogen) atoms. The number of ether oxygens (including phenoxy) is 1. The first-order valence-corrected chi connectivity index (χ1v) is 17.6. The van der Waals surface area contributed by atoms with Crippen LogP contribution in [0.1, 0.15) is 47.4 Å². The van der Waals surface area contributed by atoms with Crippen molar-refractivity contribution in [3.8, 4) is 5.69 Å². The lowest BCUT2D eigenvalue weighted by atomic mass is 10.0. The van der Waals surface area contributed by atoms with Crippen LogP contribution in [0.4, 0.5) is 20.2 Å². The number of nitrogens with zero attached hydrogens (tertiary/aromatic N) is 9. The van der Waals surface area contributed by atoms with Gasteiger partial charge in [-0.3, -0.25) is 4.18 Å². The Morgan fingerprint density at radius 2 is 1.49 bits per heavy atom. The number of halogens is 2. The van der Waals surface area contributed by atoms with Crippen molar-refractivity contribution in [3.05, 3.63) is 152 Å². The van der Waals surface area contributed by atoms with Crippen LogP contribution in [0.15, 0.2) is 118 Å². The van der Waals surface area contributed by atoms with Gasteiger partial charge in [0.05, 0.1) is 36.1 Å². The van der Waals surface area contributed by atoms with Crippen LogP contribution in [0.2, 0.25) is 0 Å². The van der Waals surface area contributed by atoms with Gasteiger partial charge in [0, 0.05) is 21.2 Å². The lowest BCUT2D eigenvalue weighted by Gasteiger charge is -2.10. The predicted molar refractivity (Wildman–Crippen MR) is 193 cm³/mol. The third kappa shape index (κ3) is 11.9. The first kappa shape index (κ1) is 40.1. The molecule has 17 heteroatoms. The zero-order valence-electron chi connectivity index (χ0n) is 28.9. The summed E-state index contributed by atoms with van der Waals surface area (Å²) in [5, 5.41) is 24.3. The molecular weight excluding hydrogens is 707 g/mol. The van der Waals surface area contributed by atoms with E-state index < -0.39 is 23.5 Å². The molecule has 1 saturated heterocycles. The Labute approximate surface area is 305 Å². The number of hydrogen-bond acceptors (Lipinski definition) is 9. The molecule has 0 spiro atoms. The Bertz CT molecular complexity index is 2160. The number of alkyl halides is 2. The van der Waals surface area contributed by atoms with Crippen LogP contribution >= 0.6 is 0 Å². The molecule has 276 valence electrons. The summed E-state index contributed by atoms with van der Waals surface area (Å²) in [4.78, 5) is 5.37. The summed E-state index contributed by atoms with van der Waals surface area (Å²) in [5.41, 5.74) is 21.5. The molecule has 1 N–H and O–H groups in total. The molecular formula is C36H37F2N9O5S. The number of hydrogen-bond donors (Lipinski definition) is 1. The highest BCUT2D eigenvalue weighted by Crippen LogP contribution is 2.35. The number of aliphatic hydroxyl groups is 1. The second-order valence-corrected chi connectivity index (χ2v) is 13.4. The van der Waals surface area contributed by atoms with Gasteiger partial charge in [0.25, 0.3) is 10.1 Å². The second-order valence-electron chi connectivity index (χ2n) is 11.8. The monoisotopic (exact) mass is 743 g/mol. The van der Waals surface area contributed by atoms with E-state index in [0.717, 1.165) is 23.4 Å². The zero-order valence-corrected chi connectivity index (χ0v) is 29.7. The largest absolute Gasteiger partial charge is 0.394 e. The maximum atomic E-state index is 12.7. The molecule has 1 aromatic heterocycles. The third-order valence-electron chi connectivity index (χ3n) is 7.90. The third-order valence-corrected chi connectivity index (χ3v) is 9.17. The quantitative estimate of drug-likeness (QED) is 0.0601. The number of benzene rings is 4. The van der Waals surface area contributed by atoms with E-state index in [4.69, 9.17) is 20.0 Å². The highest BCUT2D eigenvalue weighted by atomic mass is 32.2. The summed E-state index contributed by atoms with van der Waals surface area (Å²) in [6.45, 7) is 2.79. The highest BCUT2D eigenvalue weighted by Gasteiger charge is 2.34. The maximum absolute atomic E-state index is 12.7. The van der Waals surface area contributed by atoms with Crippen molar-refractivity contribution in [1.82, 2.24) is 15.0 Å². The smallest absolute Gasteiger partial charge is 0.297 e. The van der Waals surface area contributed by atoms with Crippen molar-refractivity contribution in [2.45, 2.75) is 57.3 Å². The standard InChI is InChI=1S/C15H18FN3O2.C14H13N3O3S.C7H6FN3/c1-10-5-14(21-15(10)9-20)13-8-19(18-17-13)12-4-2-3-11(6-12)7-16;1-11-5-7-14(8-6-11)21(18,19)20-10-12-3-2-4-13(9-12)16-17-15;8-5-6-2-1-3-7(4-6)10-11-9/h2-4,6,8,10,14-15,20H,5,7,9H2,1H3;2-9H,10H2,1H3;1-4H,5H2/t10?,14-,15-;;/m1../s1/i16-1;;8-1. The molecule has 5 aromatic rings. The molecule has 1 aliphatic heterocycles. The van der Waals surface area contributed by atoms with Crippen LogP contribution in [-0.2, 0) is 39.0 Å². The van der Waals surface area contributed by atoms with Gasteiger partial charge in [-0.1, -0.05) is 88.6 Å². The van der Waals surface area contributed by atoms with E-state index in [1.165, 1.54) is 18.2 Å². The molecule has 1 unspecified atom stereocenters. The van der Waals surface area contributed by atoms with Crippen LogP contribution < -0.4 is 0 Å². The van der Waals surface area contributed by atoms with Crippen molar-refractivity contribution >= 4 is 21.5 Å². The van der Waals surface area contributed by atoms with Crippen molar-refractivity contribution < 1.29 is 31.2 Å². The van der Waals surface area contributed by atoms with E-state index in [1.54, 1.807) is 83.7 Å². The van der Waals surface area contributed by atoms with Gasteiger partial charge in [-0.2, -0.15) is 8.42 Å². The number of aromatic nitrogens is 3. The molecule has 0 aliphatic carbocycles. The molecule has 0 bridgehead atoms. The van der Waals surface area contributed by atoms with Crippen LogP contribution in [0, 0.1) is 12.8 Å². The first-order chi connectivity index (χ1) is 25.6. The van der Waals surface area contributed by atoms with Gasteiger partial charge in [0.15, 0.2) is 0 Å². The number of aryl methyl sites for hydroxylation is 1. The number of aliphatic hydroxyl groups excluding tert-OH is 1. The van der Waals surface area contributed by atoms with Crippen molar-refractivity contribution in [1.29, 1.82) is 0 Å². The Kier molecular flexibility index (Phi) is 15.0. The summed E-state index contributed by atoms with van der Waals surface area (Å²) in [5.74, 6) is 0.292. The van der Waals surface area contributed by atoms with Gasteiger partial charge in [-0.15, -0.1) is 5.10 Å². The average molecular weight is 744 g/mol. The molecule has 0 saturated carbocycles. The van der Waals surface area contributed by atoms with E-state index in [9.17, 15) is 22.3 Å². The molecule has 6 rings (SSSR count). The van der Waals surface area contributed by atoms with E-state index in [-0.39, 0.29) is 30.3 Å². The molecule has 2 heterocycles. The summed E-state index contributed by atoms with van der Waals surface area (Å²) in [7, 11) is -3.80. The van der Waals surface area contributed by atoms with Crippen molar-refractivity contribution in [2.75, 3.05) is 6.61 Å². The summed E-state index contributed by atoms with van der Waals surface area (Å²) < 4.78 is 61.2. The molecule has 1 fully saturated rings.